The molecular formula is C21H16ClF3N6O. The van der Waals surface area contributed by atoms with Gasteiger partial charge in [0, 0.05) is 31.5 Å². The number of aromatic nitrogens is 5. The Morgan fingerprint density at radius 1 is 1.03 bits per heavy atom. The Morgan fingerprint density at radius 3 is 2.44 bits per heavy atom. The van der Waals surface area contributed by atoms with Gasteiger partial charge in [-0.3, -0.25) is 4.79 Å². The zero-order chi connectivity index (χ0) is 22.9. The minimum atomic E-state index is -4.53. The van der Waals surface area contributed by atoms with E-state index in [0.29, 0.717) is 18.4 Å². The van der Waals surface area contributed by atoms with Crippen molar-refractivity contribution < 1.29 is 13.2 Å². The Balaban J connectivity index is 1.56. The summed E-state index contributed by atoms with van der Waals surface area (Å²) in [5, 5.41) is 8.24. The highest BCUT2D eigenvalue weighted by Gasteiger charge is 2.30. The third-order valence-corrected chi connectivity index (χ3v) is 5.04. The minimum Gasteiger partial charge on any atom is -0.367 e. The molecule has 0 atom stereocenters. The normalized spacial score (nSPS) is 11.5. The van der Waals surface area contributed by atoms with Crippen LogP contribution in [-0.4, -0.2) is 31.6 Å². The average molecular weight is 461 g/mol. The van der Waals surface area contributed by atoms with E-state index in [0.717, 1.165) is 28.1 Å². The molecule has 0 aliphatic carbocycles. The summed E-state index contributed by atoms with van der Waals surface area (Å²) in [7, 11) is 1.74. The van der Waals surface area contributed by atoms with E-state index in [1.807, 2.05) is 36.5 Å². The van der Waals surface area contributed by atoms with Gasteiger partial charge in [-0.15, -0.1) is 0 Å². The maximum atomic E-state index is 12.7. The van der Waals surface area contributed by atoms with Gasteiger partial charge in [-0.25, -0.2) is 9.67 Å². The van der Waals surface area contributed by atoms with Crippen molar-refractivity contribution in [2.75, 3.05) is 11.9 Å². The summed E-state index contributed by atoms with van der Waals surface area (Å²) in [4.78, 5) is 18.1. The summed E-state index contributed by atoms with van der Waals surface area (Å²) >= 11 is 6.27. The number of halogens is 4. The Morgan fingerprint density at radius 2 is 1.78 bits per heavy atom. The zero-order valence-electron chi connectivity index (χ0n) is 16.7. The van der Waals surface area contributed by atoms with Crippen LogP contribution in [0.4, 0.5) is 18.9 Å². The molecule has 0 saturated carbocycles. The van der Waals surface area contributed by atoms with Crippen molar-refractivity contribution in [3.05, 3.63) is 93.8 Å². The molecule has 11 heteroatoms. The van der Waals surface area contributed by atoms with Gasteiger partial charge in [0.15, 0.2) is 5.82 Å². The van der Waals surface area contributed by atoms with Gasteiger partial charge in [0.05, 0.1) is 29.3 Å². The zero-order valence-corrected chi connectivity index (χ0v) is 17.4. The van der Waals surface area contributed by atoms with Gasteiger partial charge in [0.2, 0.25) is 0 Å². The maximum Gasteiger partial charge on any atom is 0.417 e. The first-order valence-corrected chi connectivity index (χ1v) is 9.73. The lowest BCUT2D eigenvalue weighted by molar-refractivity contribution is -0.137. The van der Waals surface area contributed by atoms with Crippen molar-refractivity contribution in [2.45, 2.75) is 12.7 Å². The molecule has 0 aliphatic rings. The quantitative estimate of drug-likeness (QED) is 0.448. The van der Waals surface area contributed by atoms with Gasteiger partial charge in [-0.05, 0) is 24.3 Å². The van der Waals surface area contributed by atoms with E-state index in [1.54, 1.807) is 22.8 Å². The van der Waals surface area contributed by atoms with Crippen LogP contribution in [0.25, 0.3) is 11.5 Å². The molecule has 0 saturated heterocycles. The van der Waals surface area contributed by atoms with Gasteiger partial charge in [0.25, 0.3) is 5.56 Å². The molecule has 32 heavy (non-hydrogen) atoms. The summed E-state index contributed by atoms with van der Waals surface area (Å²) in [5.74, 6) is -0.0664. The van der Waals surface area contributed by atoms with Crippen molar-refractivity contribution in [3.63, 3.8) is 0 Å². The summed E-state index contributed by atoms with van der Waals surface area (Å²) in [6.07, 6.45) is 1.05. The third-order valence-electron chi connectivity index (χ3n) is 4.68. The highest BCUT2D eigenvalue weighted by Crippen LogP contribution is 2.29. The topological polar surface area (TPSA) is 68.8 Å². The van der Waals surface area contributed by atoms with Gasteiger partial charge >= 0.3 is 6.18 Å². The number of pyridine rings is 1. The van der Waals surface area contributed by atoms with Crippen LogP contribution in [0.3, 0.4) is 0 Å². The second-order valence-corrected chi connectivity index (χ2v) is 7.33. The molecule has 1 aromatic carbocycles. The Hall–Kier alpha value is -3.66. The smallest absolute Gasteiger partial charge is 0.367 e. The van der Waals surface area contributed by atoms with E-state index in [2.05, 4.69) is 15.2 Å². The summed E-state index contributed by atoms with van der Waals surface area (Å²) < 4.78 is 40.8. The molecular weight excluding hydrogens is 445 g/mol. The first-order chi connectivity index (χ1) is 15.2. The number of alkyl halides is 3. The first-order valence-electron chi connectivity index (χ1n) is 9.35. The summed E-state index contributed by atoms with van der Waals surface area (Å²) in [5.41, 5.74) is 0.539. The Kier molecular flexibility index (Phi) is 5.70. The second-order valence-electron chi connectivity index (χ2n) is 6.95. The van der Waals surface area contributed by atoms with E-state index in [9.17, 15) is 18.0 Å². The molecule has 4 aromatic rings. The van der Waals surface area contributed by atoms with E-state index in [-0.39, 0.29) is 10.8 Å². The molecule has 0 fully saturated rings. The van der Waals surface area contributed by atoms with Crippen LogP contribution in [0, 0.1) is 0 Å². The first kappa shape index (κ1) is 21.6. The predicted molar refractivity (Wildman–Crippen MR) is 113 cm³/mol. The van der Waals surface area contributed by atoms with Crippen LogP contribution < -0.4 is 10.5 Å². The monoisotopic (exact) mass is 460 g/mol. The molecule has 3 heterocycles. The van der Waals surface area contributed by atoms with Gasteiger partial charge in [-0.1, -0.05) is 29.8 Å². The number of hydrogen-bond donors (Lipinski definition) is 0. The highest BCUT2D eigenvalue weighted by atomic mass is 35.5. The molecule has 0 radical (unpaired) electrons. The fourth-order valence-electron chi connectivity index (χ4n) is 3.06. The van der Waals surface area contributed by atoms with Crippen molar-refractivity contribution in [1.29, 1.82) is 0 Å². The average Bonchev–Trinajstić information content (AvgIpc) is 3.24. The molecule has 0 aliphatic heterocycles. The lowest BCUT2D eigenvalue weighted by Crippen LogP contribution is -2.26. The Labute approximate surface area is 185 Å². The SMILES string of the molecule is CN(Cc1cnn(-c2ccccc2)c1)c1cnn(-c2ccc(C(F)(F)F)cn2)c(=O)c1Cl. The van der Waals surface area contributed by atoms with Crippen molar-refractivity contribution in [3.8, 4) is 11.5 Å². The van der Waals surface area contributed by atoms with Crippen LogP contribution in [0.1, 0.15) is 11.1 Å². The number of hydrogen-bond acceptors (Lipinski definition) is 5. The van der Waals surface area contributed by atoms with E-state index in [1.165, 1.54) is 6.20 Å². The number of anilines is 1. The van der Waals surface area contributed by atoms with Crippen LogP contribution in [-0.2, 0) is 12.7 Å². The van der Waals surface area contributed by atoms with Crippen LogP contribution in [0.5, 0.6) is 0 Å². The number of rotatable bonds is 5. The van der Waals surface area contributed by atoms with E-state index < -0.39 is 17.3 Å². The van der Waals surface area contributed by atoms with Gasteiger partial charge in [0.1, 0.15) is 5.02 Å². The van der Waals surface area contributed by atoms with Crippen molar-refractivity contribution >= 4 is 17.3 Å². The molecule has 3 aromatic heterocycles. The third kappa shape index (κ3) is 4.35. The summed E-state index contributed by atoms with van der Waals surface area (Å²) in [6.45, 7) is 0.399. The maximum absolute atomic E-state index is 12.7. The van der Waals surface area contributed by atoms with Crippen LogP contribution >= 0.6 is 11.6 Å². The van der Waals surface area contributed by atoms with Crippen LogP contribution in [0.15, 0.2) is 72.0 Å². The molecule has 7 nitrogen and oxygen atoms in total. The largest absolute Gasteiger partial charge is 0.417 e. The number of nitrogens with zero attached hydrogens (tertiary/aromatic N) is 6. The van der Waals surface area contributed by atoms with Gasteiger partial charge in [-0.2, -0.15) is 28.1 Å². The predicted octanol–water partition coefficient (Wildman–Crippen LogP) is 4.12. The second kappa shape index (κ2) is 8.46. The van der Waals surface area contributed by atoms with Gasteiger partial charge < -0.3 is 4.90 Å². The highest BCUT2D eigenvalue weighted by molar-refractivity contribution is 6.33. The number of para-hydroxylation sites is 1. The Bertz CT molecular complexity index is 1290. The molecule has 0 bridgehead atoms. The molecule has 164 valence electrons. The standard InChI is InChI=1S/C21H16ClF3N6O/c1-29(12-14-9-27-30(13-14)16-5-3-2-4-6-16)17-11-28-31(20(32)19(17)22)18-8-7-15(10-26-18)21(23,24)25/h2-11,13H,12H2,1H3. The minimum absolute atomic E-state index is 0.0664. The summed E-state index contributed by atoms with van der Waals surface area (Å²) in [6, 6.07) is 11.5. The van der Waals surface area contributed by atoms with Crippen LogP contribution in [0.2, 0.25) is 5.02 Å². The lowest BCUT2D eigenvalue weighted by Gasteiger charge is -2.19. The lowest BCUT2D eigenvalue weighted by atomic mass is 10.3. The fourth-order valence-corrected chi connectivity index (χ4v) is 3.33. The van der Waals surface area contributed by atoms with E-state index in [4.69, 9.17) is 11.6 Å². The molecule has 0 amide bonds. The van der Waals surface area contributed by atoms with Crippen molar-refractivity contribution in [2.24, 2.45) is 0 Å². The fraction of sp³-hybridized carbons (Fsp3) is 0.143. The number of benzene rings is 1. The molecule has 0 unspecified atom stereocenters. The molecule has 0 N–H and O–H groups in total. The van der Waals surface area contributed by atoms with E-state index >= 15 is 0 Å². The molecule has 4 rings (SSSR count). The molecule has 0 spiro atoms. The van der Waals surface area contributed by atoms with Crippen molar-refractivity contribution in [1.82, 2.24) is 24.5 Å².